The molecular formula is C29H38N2O5. The van der Waals surface area contributed by atoms with Gasteiger partial charge >= 0.3 is 0 Å². The van der Waals surface area contributed by atoms with E-state index in [1.165, 1.54) is 7.11 Å². The number of Topliss-reactive ketones (excluding diaryl/α,β-unsaturated/α-hetero) is 1. The molecule has 2 aromatic rings. The molecule has 1 N–H and O–H groups in total. The number of carbonyl (C=O) groups excluding carboxylic acids is 2. The first kappa shape index (κ1) is 27.3. The third kappa shape index (κ3) is 5.90. The molecule has 36 heavy (non-hydrogen) atoms. The fourth-order valence-electron chi connectivity index (χ4n) is 4.60. The molecule has 1 aliphatic rings. The maximum atomic E-state index is 13.4. The number of hydrogen-bond acceptors (Lipinski definition) is 6. The number of methoxy groups -OCH3 is 1. The summed E-state index contributed by atoms with van der Waals surface area (Å²) in [7, 11) is 5.46. The molecular weight excluding hydrogens is 456 g/mol. The summed E-state index contributed by atoms with van der Waals surface area (Å²) >= 11 is 0. The van der Waals surface area contributed by atoms with Gasteiger partial charge in [-0.15, -0.1) is 0 Å². The van der Waals surface area contributed by atoms with Gasteiger partial charge in [-0.1, -0.05) is 32.0 Å². The normalized spacial score (nSPS) is 17.4. The number of aliphatic hydroxyl groups is 1. The van der Waals surface area contributed by atoms with Gasteiger partial charge in [0.15, 0.2) is 0 Å². The lowest BCUT2D eigenvalue weighted by atomic mass is 9.93. The lowest BCUT2D eigenvalue weighted by molar-refractivity contribution is -0.139. The van der Waals surface area contributed by atoms with Crippen LogP contribution in [0, 0.1) is 19.8 Å². The zero-order valence-corrected chi connectivity index (χ0v) is 22.4. The molecule has 7 heteroatoms. The monoisotopic (exact) mass is 494 g/mol. The van der Waals surface area contributed by atoms with Gasteiger partial charge in [0, 0.05) is 6.54 Å². The molecule has 0 spiro atoms. The summed E-state index contributed by atoms with van der Waals surface area (Å²) < 4.78 is 11.5. The van der Waals surface area contributed by atoms with Crippen LogP contribution in [0.5, 0.6) is 11.5 Å². The van der Waals surface area contributed by atoms with Crippen molar-refractivity contribution in [2.24, 2.45) is 5.92 Å². The molecule has 1 atom stereocenters. The molecule has 0 aliphatic carbocycles. The van der Waals surface area contributed by atoms with Crippen molar-refractivity contribution in [3.8, 4) is 11.5 Å². The van der Waals surface area contributed by atoms with Crippen LogP contribution in [-0.2, 0) is 9.59 Å². The summed E-state index contributed by atoms with van der Waals surface area (Å²) in [5.41, 5.74) is 2.92. The number of carbonyl (C=O) groups is 2. The van der Waals surface area contributed by atoms with E-state index in [2.05, 4.69) is 13.8 Å². The highest BCUT2D eigenvalue weighted by atomic mass is 16.5. The zero-order valence-electron chi connectivity index (χ0n) is 22.4. The second-order valence-corrected chi connectivity index (χ2v) is 10.1. The van der Waals surface area contributed by atoms with Crippen LogP contribution in [0.2, 0.25) is 0 Å². The third-order valence-corrected chi connectivity index (χ3v) is 6.18. The Labute approximate surface area is 214 Å². The van der Waals surface area contributed by atoms with E-state index in [1.54, 1.807) is 11.0 Å². The smallest absolute Gasteiger partial charge is 0.295 e. The summed E-state index contributed by atoms with van der Waals surface area (Å²) in [6.45, 7) is 9.63. The van der Waals surface area contributed by atoms with Gasteiger partial charge in [0.2, 0.25) is 0 Å². The minimum absolute atomic E-state index is 0.0640. The van der Waals surface area contributed by atoms with Crippen molar-refractivity contribution in [3.05, 3.63) is 64.2 Å². The van der Waals surface area contributed by atoms with E-state index in [1.807, 2.05) is 63.2 Å². The molecule has 1 unspecified atom stereocenters. The predicted molar refractivity (Wildman–Crippen MR) is 141 cm³/mol. The molecule has 3 rings (SSSR count). The average molecular weight is 495 g/mol. The molecule has 1 heterocycles. The largest absolute Gasteiger partial charge is 0.507 e. The molecule has 194 valence electrons. The number of ether oxygens (including phenoxy) is 2. The molecule has 1 amide bonds. The third-order valence-electron chi connectivity index (χ3n) is 6.18. The van der Waals surface area contributed by atoms with Crippen LogP contribution in [0.1, 0.15) is 48.6 Å². The van der Waals surface area contributed by atoms with Crippen LogP contribution in [0.15, 0.2) is 42.0 Å². The van der Waals surface area contributed by atoms with Crippen LogP contribution >= 0.6 is 0 Å². The number of amides is 1. The molecule has 1 aliphatic heterocycles. The first-order chi connectivity index (χ1) is 17.0. The number of rotatable bonds is 10. The Balaban J connectivity index is 2.17. The lowest BCUT2D eigenvalue weighted by Crippen LogP contribution is -2.32. The van der Waals surface area contributed by atoms with Crippen LogP contribution in [0.25, 0.3) is 5.76 Å². The summed E-state index contributed by atoms with van der Waals surface area (Å²) in [5, 5.41) is 11.5. The number of aliphatic hydroxyl groups excluding tert-OH is 1. The van der Waals surface area contributed by atoms with Gasteiger partial charge in [0.05, 0.1) is 30.9 Å². The second-order valence-electron chi connectivity index (χ2n) is 10.1. The molecule has 0 radical (unpaired) electrons. The lowest BCUT2D eigenvalue weighted by Gasteiger charge is -2.26. The molecule has 1 saturated heterocycles. The summed E-state index contributed by atoms with van der Waals surface area (Å²) in [6, 6.07) is 10.4. The molecule has 0 saturated carbocycles. The molecule has 7 nitrogen and oxygen atoms in total. The van der Waals surface area contributed by atoms with Crippen LogP contribution in [-0.4, -0.2) is 67.5 Å². The predicted octanol–water partition coefficient (Wildman–Crippen LogP) is 4.72. The number of benzene rings is 2. The Kier molecular flexibility index (Phi) is 8.79. The number of hydrogen-bond donors (Lipinski definition) is 1. The Morgan fingerprint density at radius 1 is 1.14 bits per heavy atom. The number of aryl methyl sites for hydroxylation is 2. The van der Waals surface area contributed by atoms with Crippen molar-refractivity contribution in [1.82, 2.24) is 9.80 Å². The minimum atomic E-state index is -0.736. The Morgan fingerprint density at radius 2 is 1.86 bits per heavy atom. The van der Waals surface area contributed by atoms with Gasteiger partial charge in [0.1, 0.15) is 17.3 Å². The standard InChI is InChI=1S/C29H38N2O5/c1-18(2)17-36-22-11-8-10-21(16-22)25-24(27(33)29(34)31(25)13-9-12-30(5)6)26(32)23-15-19(3)14-20(4)28(23)35-7/h8,10-11,14-16,18,25,32H,9,12-13,17H2,1-7H3/b26-24+. The molecule has 0 bridgehead atoms. The van der Waals surface area contributed by atoms with Gasteiger partial charge in [-0.3, -0.25) is 9.59 Å². The van der Waals surface area contributed by atoms with E-state index < -0.39 is 17.7 Å². The van der Waals surface area contributed by atoms with Crippen molar-refractivity contribution >= 4 is 17.4 Å². The molecule has 1 fully saturated rings. The fourth-order valence-corrected chi connectivity index (χ4v) is 4.60. The van der Waals surface area contributed by atoms with Crippen molar-refractivity contribution in [2.45, 2.75) is 40.2 Å². The quantitative estimate of drug-likeness (QED) is 0.293. The van der Waals surface area contributed by atoms with Crippen molar-refractivity contribution in [2.75, 3.05) is 40.9 Å². The number of ketones is 1. The maximum Gasteiger partial charge on any atom is 0.295 e. The van der Waals surface area contributed by atoms with E-state index in [0.29, 0.717) is 48.1 Å². The zero-order chi connectivity index (χ0) is 26.6. The SMILES string of the molecule is COc1c(C)cc(C)cc1/C(O)=C1\C(=O)C(=O)N(CCCN(C)C)C1c1cccc(OCC(C)C)c1. The second kappa shape index (κ2) is 11.6. The topological polar surface area (TPSA) is 79.3 Å². The van der Waals surface area contributed by atoms with Crippen molar-refractivity contribution in [3.63, 3.8) is 0 Å². The van der Waals surface area contributed by atoms with Gasteiger partial charge < -0.3 is 24.4 Å². The first-order valence-electron chi connectivity index (χ1n) is 12.4. The van der Waals surface area contributed by atoms with E-state index in [9.17, 15) is 14.7 Å². The minimum Gasteiger partial charge on any atom is -0.507 e. The van der Waals surface area contributed by atoms with E-state index in [4.69, 9.17) is 9.47 Å². The Hall–Kier alpha value is -3.32. The van der Waals surface area contributed by atoms with Gasteiger partial charge in [-0.25, -0.2) is 0 Å². The first-order valence-corrected chi connectivity index (χ1v) is 12.4. The summed E-state index contributed by atoms with van der Waals surface area (Å²) in [4.78, 5) is 30.2. The summed E-state index contributed by atoms with van der Waals surface area (Å²) in [6.07, 6.45) is 0.687. The maximum absolute atomic E-state index is 13.4. The van der Waals surface area contributed by atoms with Crippen molar-refractivity contribution < 1.29 is 24.2 Å². The molecule has 0 aromatic heterocycles. The average Bonchev–Trinajstić information content (AvgIpc) is 3.07. The van der Waals surface area contributed by atoms with Gasteiger partial charge in [-0.2, -0.15) is 0 Å². The van der Waals surface area contributed by atoms with E-state index >= 15 is 0 Å². The van der Waals surface area contributed by atoms with E-state index in [-0.39, 0.29) is 11.3 Å². The van der Waals surface area contributed by atoms with E-state index in [0.717, 1.165) is 17.7 Å². The van der Waals surface area contributed by atoms with Crippen molar-refractivity contribution in [1.29, 1.82) is 0 Å². The number of likely N-dealkylation sites (tertiary alicyclic amines) is 1. The molecule has 2 aromatic carbocycles. The van der Waals surface area contributed by atoms with Crippen LogP contribution in [0.4, 0.5) is 0 Å². The summed E-state index contributed by atoms with van der Waals surface area (Å²) in [5.74, 6) is -0.0593. The fraction of sp³-hybridized carbons (Fsp3) is 0.448. The Morgan fingerprint density at radius 3 is 2.50 bits per heavy atom. The van der Waals surface area contributed by atoms with Crippen LogP contribution in [0.3, 0.4) is 0 Å². The van der Waals surface area contributed by atoms with Gasteiger partial charge in [-0.05, 0) is 81.7 Å². The van der Waals surface area contributed by atoms with Crippen LogP contribution < -0.4 is 9.47 Å². The Bertz CT molecular complexity index is 1150. The highest BCUT2D eigenvalue weighted by molar-refractivity contribution is 6.46. The number of nitrogens with zero attached hydrogens (tertiary/aromatic N) is 2. The highest BCUT2D eigenvalue weighted by Crippen LogP contribution is 2.42. The highest BCUT2D eigenvalue weighted by Gasteiger charge is 2.46. The van der Waals surface area contributed by atoms with Gasteiger partial charge in [0.25, 0.3) is 11.7 Å².